The number of hydrogen-bond acceptors (Lipinski definition) is 3. The van der Waals surface area contributed by atoms with Gasteiger partial charge in [-0.1, -0.05) is 13.8 Å². The van der Waals surface area contributed by atoms with Crippen LogP contribution >= 0.6 is 0 Å². The van der Waals surface area contributed by atoms with E-state index in [0.29, 0.717) is 13.1 Å². The highest BCUT2D eigenvalue weighted by Crippen LogP contribution is 2.15. The van der Waals surface area contributed by atoms with Crippen LogP contribution in [-0.4, -0.2) is 60.0 Å². The monoisotopic (exact) mass is 242 g/mol. The number of carbonyl (C=O) groups is 2. The summed E-state index contributed by atoms with van der Waals surface area (Å²) in [6.07, 6.45) is 0.719. The number of hydrogen-bond donors (Lipinski definition) is 1. The van der Waals surface area contributed by atoms with Gasteiger partial charge in [-0.15, -0.1) is 0 Å². The number of carbonyl (C=O) groups excluding carboxylic acids is 1. The van der Waals surface area contributed by atoms with Crippen molar-refractivity contribution in [1.82, 2.24) is 9.80 Å². The van der Waals surface area contributed by atoms with Crippen LogP contribution in [0.3, 0.4) is 0 Å². The second kappa shape index (κ2) is 6.00. The van der Waals surface area contributed by atoms with E-state index in [4.69, 9.17) is 5.11 Å². The van der Waals surface area contributed by atoms with E-state index >= 15 is 0 Å². The average Bonchev–Trinajstić information content (AvgIpc) is 2.73. The lowest BCUT2D eigenvalue weighted by molar-refractivity contribution is -0.141. The number of aliphatic carboxylic acids is 1. The second-order valence-corrected chi connectivity index (χ2v) is 5.04. The molecule has 0 aromatic heterocycles. The van der Waals surface area contributed by atoms with Crippen LogP contribution < -0.4 is 0 Å². The molecule has 0 saturated carbocycles. The van der Waals surface area contributed by atoms with Gasteiger partial charge in [-0.05, 0) is 13.0 Å². The zero-order valence-electron chi connectivity index (χ0n) is 10.8. The molecule has 1 atom stereocenters. The normalized spacial score (nSPS) is 20.8. The van der Waals surface area contributed by atoms with Crippen molar-refractivity contribution in [2.24, 2.45) is 11.8 Å². The highest BCUT2D eigenvalue weighted by molar-refractivity contribution is 5.77. The van der Waals surface area contributed by atoms with Crippen LogP contribution in [-0.2, 0) is 9.59 Å². The van der Waals surface area contributed by atoms with E-state index in [1.54, 1.807) is 11.9 Å². The van der Waals surface area contributed by atoms with Crippen molar-refractivity contribution >= 4 is 11.9 Å². The molecule has 0 spiro atoms. The Morgan fingerprint density at radius 1 is 1.47 bits per heavy atom. The van der Waals surface area contributed by atoms with Gasteiger partial charge in [-0.3, -0.25) is 9.59 Å². The molecule has 1 rings (SSSR count). The molecule has 5 nitrogen and oxygen atoms in total. The summed E-state index contributed by atoms with van der Waals surface area (Å²) >= 11 is 0. The summed E-state index contributed by atoms with van der Waals surface area (Å²) in [6.45, 7) is 6.63. The van der Waals surface area contributed by atoms with Crippen LogP contribution in [0.1, 0.15) is 20.3 Å². The van der Waals surface area contributed by atoms with Crippen LogP contribution in [0, 0.1) is 11.8 Å². The minimum atomic E-state index is -0.709. The van der Waals surface area contributed by atoms with Crippen molar-refractivity contribution in [2.75, 3.05) is 33.2 Å². The Morgan fingerprint density at radius 3 is 2.59 bits per heavy atom. The third kappa shape index (κ3) is 4.00. The maximum Gasteiger partial charge on any atom is 0.307 e. The topological polar surface area (TPSA) is 60.9 Å². The van der Waals surface area contributed by atoms with Crippen molar-refractivity contribution in [3.63, 3.8) is 0 Å². The lowest BCUT2D eigenvalue weighted by Crippen LogP contribution is -2.37. The highest BCUT2D eigenvalue weighted by atomic mass is 16.4. The van der Waals surface area contributed by atoms with E-state index in [1.807, 2.05) is 13.8 Å². The van der Waals surface area contributed by atoms with Crippen molar-refractivity contribution in [1.29, 1.82) is 0 Å². The molecule has 1 heterocycles. The number of carboxylic acid groups (broad SMARTS) is 1. The Labute approximate surface area is 102 Å². The molecule has 1 amide bonds. The summed E-state index contributed by atoms with van der Waals surface area (Å²) in [5.74, 6) is -0.787. The predicted octanol–water partition coefficient (Wildman–Crippen LogP) is 0.507. The lowest BCUT2D eigenvalue weighted by Gasteiger charge is -2.23. The Balaban J connectivity index is 2.28. The molecule has 1 N–H and O–H groups in total. The molecule has 1 saturated heterocycles. The Kier molecular flexibility index (Phi) is 4.93. The van der Waals surface area contributed by atoms with E-state index < -0.39 is 5.97 Å². The molecular weight excluding hydrogens is 220 g/mol. The standard InChI is InChI=1S/C12H22N2O3/c1-9(2)11(15)13(3)6-7-14-5-4-10(8-14)12(16)17/h9-10H,4-8H2,1-3H3,(H,16,17). The zero-order chi connectivity index (χ0) is 13.0. The molecule has 1 fully saturated rings. The molecule has 5 heteroatoms. The summed E-state index contributed by atoms with van der Waals surface area (Å²) < 4.78 is 0. The van der Waals surface area contributed by atoms with E-state index in [9.17, 15) is 9.59 Å². The zero-order valence-corrected chi connectivity index (χ0v) is 10.8. The van der Waals surface area contributed by atoms with E-state index in [0.717, 1.165) is 19.5 Å². The summed E-state index contributed by atoms with van der Waals surface area (Å²) in [5, 5.41) is 8.88. The fourth-order valence-corrected chi connectivity index (χ4v) is 2.08. The molecule has 1 aliphatic heterocycles. The lowest BCUT2D eigenvalue weighted by atomic mass is 10.1. The van der Waals surface area contributed by atoms with Crippen molar-refractivity contribution in [3.05, 3.63) is 0 Å². The van der Waals surface area contributed by atoms with Gasteiger partial charge in [0, 0.05) is 32.6 Å². The Morgan fingerprint density at radius 2 is 2.12 bits per heavy atom. The van der Waals surface area contributed by atoms with Gasteiger partial charge in [0.25, 0.3) is 0 Å². The van der Waals surface area contributed by atoms with Crippen molar-refractivity contribution in [3.8, 4) is 0 Å². The van der Waals surface area contributed by atoms with Gasteiger partial charge >= 0.3 is 5.97 Å². The third-order valence-corrected chi connectivity index (χ3v) is 3.24. The summed E-state index contributed by atoms with van der Waals surface area (Å²) in [4.78, 5) is 26.3. The van der Waals surface area contributed by atoms with Crippen LogP contribution in [0.5, 0.6) is 0 Å². The number of rotatable bonds is 5. The molecule has 1 unspecified atom stereocenters. The smallest absolute Gasteiger partial charge is 0.307 e. The molecule has 0 aromatic carbocycles. The first-order valence-electron chi connectivity index (χ1n) is 6.12. The minimum absolute atomic E-state index is 0.0188. The Bertz CT molecular complexity index is 291. The molecule has 0 bridgehead atoms. The van der Waals surface area contributed by atoms with Gasteiger partial charge in [0.2, 0.25) is 5.91 Å². The first-order chi connectivity index (χ1) is 7.91. The number of likely N-dealkylation sites (tertiary alicyclic amines) is 1. The number of carboxylic acids is 1. The first kappa shape index (κ1) is 14.0. The average molecular weight is 242 g/mol. The highest BCUT2D eigenvalue weighted by Gasteiger charge is 2.27. The van der Waals surface area contributed by atoms with Gasteiger partial charge < -0.3 is 14.9 Å². The van der Waals surface area contributed by atoms with Crippen LogP contribution in [0.2, 0.25) is 0 Å². The van der Waals surface area contributed by atoms with E-state index in [-0.39, 0.29) is 17.7 Å². The molecule has 1 aliphatic rings. The van der Waals surface area contributed by atoms with Gasteiger partial charge in [-0.2, -0.15) is 0 Å². The summed E-state index contributed by atoms with van der Waals surface area (Å²) in [7, 11) is 1.80. The van der Waals surface area contributed by atoms with Crippen LogP contribution in [0.15, 0.2) is 0 Å². The first-order valence-corrected chi connectivity index (χ1v) is 6.12. The molecule has 0 aliphatic carbocycles. The van der Waals surface area contributed by atoms with E-state index in [2.05, 4.69) is 4.90 Å². The maximum absolute atomic E-state index is 11.6. The fourth-order valence-electron chi connectivity index (χ4n) is 2.08. The van der Waals surface area contributed by atoms with Gasteiger partial charge in [0.05, 0.1) is 5.92 Å². The molecule has 0 radical (unpaired) electrons. The van der Waals surface area contributed by atoms with Gasteiger partial charge in [-0.25, -0.2) is 0 Å². The van der Waals surface area contributed by atoms with Crippen LogP contribution in [0.25, 0.3) is 0 Å². The summed E-state index contributed by atoms with van der Waals surface area (Å²) in [5.41, 5.74) is 0. The third-order valence-electron chi connectivity index (χ3n) is 3.24. The molecule has 0 aromatic rings. The largest absolute Gasteiger partial charge is 0.481 e. The Hall–Kier alpha value is -1.10. The molecule has 98 valence electrons. The fraction of sp³-hybridized carbons (Fsp3) is 0.833. The molecular formula is C12H22N2O3. The quantitative estimate of drug-likeness (QED) is 0.763. The van der Waals surface area contributed by atoms with Crippen LogP contribution in [0.4, 0.5) is 0 Å². The minimum Gasteiger partial charge on any atom is -0.481 e. The predicted molar refractivity (Wildman–Crippen MR) is 64.7 cm³/mol. The van der Waals surface area contributed by atoms with Crippen molar-refractivity contribution in [2.45, 2.75) is 20.3 Å². The van der Waals surface area contributed by atoms with Gasteiger partial charge in [0.1, 0.15) is 0 Å². The van der Waals surface area contributed by atoms with Crippen molar-refractivity contribution < 1.29 is 14.7 Å². The second-order valence-electron chi connectivity index (χ2n) is 5.04. The van der Waals surface area contributed by atoms with Gasteiger partial charge in [0.15, 0.2) is 0 Å². The molecule has 17 heavy (non-hydrogen) atoms. The number of amides is 1. The van der Waals surface area contributed by atoms with E-state index in [1.165, 1.54) is 0 Å². The number of nitrogens with zero attached hydrogens (tertiary/aromatic N) is 2. The maximum atomic E-state index is 11.6. The number of likely N-dealkylation sites (N-methyl/N-ethyl adjacent to an activating group) is 1. The SMILES string of the molecule is CC(C)C(=O)N(C)CCN1CCC(C(=O)O)C1. The summed E-state index contributed by atoms with van der Waals surface area (Å²) in [6, 6.07) is 0.